The molecule has 0 rings (SSSR count). The summed E-state index contributed by atoms with van der Waals surface area (Å²) in [6.45, 7) is 3.50. The fraction of sp³-hybridized carbons (Fsp3) is 0.571. The largest absolute Gasteiger partial charge is 0.364 e. The van der Waals surface area contributed by atoms with Crippen molar-refractivity contribution in [2.45, 2.75) is 20.1 Å². The molecule has 10 heavy (non-hydrogen) atoms. The number of aliphatic hydroxyl groups excluding tert-OH is 1. The van der Waals surface area contributed by atoms with Crippen molar-refractivity contribution in [1.29, 1.82) is 5.26 Å². The molecule has 0 aliphatic heterocycles. The molecule has 0 aliphatic carbocycles. The van der Waals surface area contributed by atoms with Gasteiger partial charge in [-0.2, -0.15) is 5.26 Å². The van der Waals surface area contributed by atoms with Crippen LogP contribution in [-0.4, -0.2) is 18.5 Å². The second kappa shape index (κ2) is 4.04. The maximum atomic E-state index is 8.99. The van der Waals surface area contributed by atoms with Crippen molar-refractivity contribution < 1.29 is 9.84 Å². The normalized spacial score (nSPS) is 11.9. The lowest BCUT2D eigenvalue weighted by atomic mass is 10.1. The number of hydrogen-bond donors (Lipinski definition) is 1. The van der Waals surface area contributed by atoms with Gasteiger partial charge in [0.1, 0.15) is 0 Å². The average molecular weight is 141 g/mol. The molecule has 0 aromatic rings. The highest BCUT2D eigenvalue weighted by molar-refractivity contribution is 5.27. The van der Waals surface area contributed by atoms with Crippen LogP contribution in [0.25, 0.3) is 0 Å². The van der Waals surface area contributed by atoms with E-state index in [9.17, 15) is 0 Å². The van der Waals surface area contributed by atoms with E-state index in [-0.39, 0.29) is 5.57 Å². The van der Waals surface area contributed by atoms with E-state index in [0.29, 0.717) is 0 Å². The first-order chi connectivity index (χ1) is 4.63. The number of methoxy groups -OCH3 is 1. The third-order valence-corrected chi connectivity index (χ3v) is 1.13. The second-order valence-electron chi connectivity index (χ2n) is 2.11. The predicted octanol–water partition coefficient (Wildman–Crippen LogP) is 0.811. The smallest absolute Gasteiger partial charge is 0.190 e. The van der Waals surface area contributed by atoms with Gasteiger partial charge in [0.2, 0.25) is 0 Å². The molecule has 0 aromatic carbocycles. The lowest BCUT2D eigenvalue weighted by molar-refractivity contribution is -0.0420. The van der Waals surface area contributed by atoms with E-state index in [1.165, 1.54) is 7.11 Å². The Labute approximate surface area is 60.5 Å². The third-order valence-electron chi connectivity index (χ3n) is 1.13. The van der Waals surface area contributed by atoms with E-state index in [4.69, 9.17) is 10.4 Å². The third kappa shape index (κ3) is 2.18. The molecule has 0 saturated carbocycles. The van der Waals surface area contributed by atoms with E-state index in [1.807, 2.05) is 6.07 Å². The maximum absolute atomic E-state index is 8.99. The minimum atomic E-state index is -1.07. The molecule has 0 bridgehead atoms. The molecule has 1 atom stereocenters. The Morgan fingerprint density at radius 3 is 2.20 bits per heavy atom. The molecule has 0 spiro atoms. The van der Waals surface area contributed by atoms with Gasteiger partial charge in [-0.15, -0.1) is 0 Å². The summed E-state index contributed by atoms with van der Waals surface area (Å²) in [6, 6.07) is 1.86. The van der Waals surface area contributed by atoms with E-state index >= 15 is 0 Å². The maximum Gasteiger partial charge on any atom is 0.190 e. The fourth-order valence-corrected chi connectivity index (χ4v) is 0.532. The summed E-state index contributed by atoms with van der Waals surface area (Å²) >= 11 is 0. The first kappa shape index (κ1) is 9.15. The van der Waals surface area contributed by atoms with Crippen LogP contribution in [-0.2, 0) is 4.74 Å². The molecule has 0 aromatic heterocycles. The molecule has 0 radical (unpaired) electrons. The van der Waals surface area contributed by atoms with Crippen LogP contribution in [0.5, 0.6) is 0 Å². The van der Waals surface area contributed by atoms with Crippen LogP contribution in [0.3, 0.4) is 0 Å². The Bertz CT molecular complexity index is 175. The van der Waals surface area contributed by atoms with Gasteiger partial charge in [-0.05, 0) is 13.8 Å². The van der Waals surface area contributed by atoms with Crippen LogP contribution in [0.1, 0.15) is 13.8 Å². The van der Waals surface area contributed by atoms with Crippen molar-refractivity contribution in [3.63, 3.8) is 0 Å². The standard InChI is InChI=1S/C7H11NO2/c1-5(2)6(4-8)7(9)10-3/h7,9H,1-3H3. The molecular weight excluding hydrogens is 130 g/mol. The first-order valence-corrected chi connectivity index (χ1v) is 2.91. The Balaban J connectivity index is 4.41. The van der Waals surface area contributed by atoms with Crippen molar-refractivity contribution >= 4 is 0 Å². The number of rotatable bonds is 2. The van der Waals surface area contributed by atoms with E-state index in [1.54, 1.807) is 13.8 Å². The van der Waals surface area contributed by atoms with E-state index < -0.39 is 6.29 Å². The fourth-order valence-electron chi connectivity index (χ4n) is 0.532. The van der Waals surface area contributed by atoms with Crippen LogP contribution < -0.4 is 0 Å². The Morgan fingerprint density at radius 1 is 1.60 bits per heavy atom. The average Bonchev–Trinajstić information content (AvgIpc) is 1.88. The summed E-state index contributed by atoms with van der Waals surface area (Å²) in [6.07, 6.45) is -1.07. The summed E-state index contributed by atoms with van der Waals surface area (Å²) in [4.78, 5) is 0. The number of allylic oxidation sites excluding steroid dienone is 1. The van der Waals surface area contributed by atoms with Gasteiger partial charge in [0, 0.05) is 7.11 Å². The Kier molecular flexibility index (Phi) is 3.70. The molecule has 0 aliphatic rings. The molecule has 0 saturated heterocycles. The van der Waals surface area contributed by atoms with Gasteiger partial charge >= 0.3 is 0 Å². The zero-order valence-electron chi connectivity index (χ0n) is 6.38. The SMILES string of the molecule is COC(O)C(C#N)=C(C)C. The molecule has 56 valence electrons. The molecular formula is C7H11NO2. The lowest BCUT2D eigenvalue weighted by Gasteiger charge is -2.07. The summed E-state index contributed by atoms with van der Waals surface area (Å²) in [7, 11) is 1.35. The number of nitrogens with zero attached hydrogens (tertiary/aromatic N) is 1. The van der Waals surface area contributed by atoms with Crippen LogP contribution in [0.2, 0.25) is 0 Å². The van der Waals surface area contributed by atoms with Gasteiger partial charge in [-0.1, -0.05) is 5.57 Å². The first-order valence-electron chi connectivity index (χ1n) is 2.91. The summed E-state index contributed by atoms with van der Waals surface area (Å²) in [5.74, 6) is 0. The number of nitriles is 1. The second-order valence-corrected chi connectivity index (χ2v) is 2.11. The van der Waals surface area contributed by atoms with Gasteiger partial charge in [0.15, 0.2) is 6.29 Å². The van der Waals surface area contributed by atoms with Gasteiger partial charge in [-0.3, -0.25) is 0 Å². The Hall–Kier alpha value is -0.850. The monoisotopic (exact) mass is 141 g/mol. The van der Waals surface area contributed by atoms with Gasteiger partial charge in [-0.25, -0.2) is 0 Å². The zero-order valence-corrected chi connectivity index (χ0v) is 6.38. The highest BCUT2D eigenvalue weighted by atomic mass is 16.6. The van der Waals surface area contributed by atoms with Crippen LogP contribution in [0.15, 0.2) is 11.1 Å². The number of ether oxygens (including phenoxy) is 1. The minimum absolute atomic E-state index is 0.280. The van der Waals surface area contributed by atoms with Crippen LogP contribution in [0, 0.1) is 11.3 Å². The van der Waals surface area contributed by atoms with Crippen molar-refractivity contribution in [3.8, 4) is 6.07 Å². The number of hydrogen-bond acceptors (Lipinski definition) is 3. The van der Waals surface area contributed by atoms with Crippen molar-refractivity contribution in [2.75, 3.05) is 7.11 Å². The van der Waals surface area contributed by atoms with Crippen LogP contribution in [0.4, 0.5) is 0 Å². The van der Waals surface area contributed by atoms with E-state index in [2.05, 4.69) is 4.74 Å². The van der Waals surface area contributed by atoms with Gasteiger partial charge in [0.25, 0.3) is 0 Å². The lowest BCUT2D eigenvalue weighted by Crippen LogP contribution is -2.12. The zero-order chi connectivity index (χ0) is 8.15. The van der Waals surface area contributed by atoms with Crippen molar-refractivity contribution in [1.82, 2.24) is 0 Å². The summed E-state index contributed by atoms with van der Waals surface area (Å²) < 4.78 is 4.54. The molecule has 0 fully saturated rings. The molecule has 3 nitrogen and oxygen atoms in total. The topological polar surface area (TPSA) is 53.2 Å². The summed E-state index contributed by atoms with van der Waals surface area (Å²) in [5.41, 5.74) is 1.05. The Morgan fingerprint density at radius 2 is 2.10 bits per heavy atom. The van der Waals surface area contributed by atoms with Crippen LogP contribution >= 0.6 is 0 Å². The van der Waals surface area contributed by atoms with E-state index in [0.717, 1.165) is 5.57 Å². The summed E-state index contributed by atoms with van der Waals surface area (Å²) in [5, 5.41) is 17.4. The highest BCUT2D eigenvalue weighted by Crippen LogP contribution is 2.07. The minimum Gasteiger partial charge on any atom is -0.364 e. The number of aliphatic hydroxyl groups is 1. The molecule has 1 unspecified atom stereocenters. The molecule has 1 N–H and O–H groups in total. The predicted molar refractivity (Wildman–Crippen MR) is 37.0 cm³/mol. The highest BCUT2D eigenvalue weighted by Gasteiger charge is 2.09. The molecule has 0 amide bonds. The van der Waals surface area contributed by atoms with Gasteiger partial charge in [0.05, 0.1) is 11.6 Å². The molecule has 3 heteroatoms. The van der Waals surface area contributed by atoms with Crippen molar-refractivity contribution in [3.05, 3.63) is 11.1 Å². The molecule has 0 heterocycles. The quantitative estimate of drug-likeness (QED) is 0.457. The van der Waals surface area contributed by atoms with Gasteiger partial charge < -0.3 is 9.84 Å². The van der Waals surface area contributed by atoms with Crippen molar-refractivity contribution in [2.24, 2.45) is 0 Å².